The fraction of sp³-hybridized carbons (Fsp3) is 0.250. The first-order valence-corrected chi connectivity index (χ1v) is 12.3. The van der Waals surface area contributed by atoms with Crippen LogP contribution in [0.15, 0.2) is 47.5 Å². The van der Waals surface area contributed by atoms with E-state index in [1.165, 1.54) is 24.3 Å². The third-order valence-corrected chi connectivity index (χ3v) is 6.35. The number of H-pyrrole nitrogens is 1. The smallest absolute Gasteiger partial charge is 0.326 e. The third-order valence-electron chi connectivity index (χ3n) is 5.49. The van der Waals surface area contributed by atoms with Gasteiger partial charge in [0.2, 0.25) is 5.91 Å². The Hall–Kier alpha value is -3.88. The highest BCUT2D eigenvalue weighted by Crippen LogP contribution is 2.22. The van der Waals surface area contributed by atoms with Crippen LogP contribution in [-0.4, -0.2) is 57.6 Å². The number of aromatic nitrogens is 1. The molecule has 2 atom stereocenters. The van der Waals surface area contributed by atoms with E-state index < -0.39 is 35.7 Å². The second kappa shape index (κ2) is 12.4. The first-order chi connectivity index (χ1) is 17.5. The molecule has 2 amide bonds. The lowest BCUT2D eigenvalue weighted by molar-refractivity contribution is -0.142. The van der Waals surface area contributed by atoms with Gasteiger partial charge in [0.1, 0.15) is 29.3 Å². The topological polar surface area (TPSA) is 196 Å². The van der Waals surface area contributed by atoms with Crippen molar-refractivity contribution < 1.29 is 29.0 Å². The summed E-state index contributed by atoms with van der Waals surface area (Å²) in [5.41, 5.74) is 11.6. The zero-order valence-electron chi connectivity index (χ0n) is 19.5. The molecule has 0 aliphatic heterocycles. The number of fused-ring (bicyclic) bond motifs is 1. The summed E-state index contributed by atoms with van der Waals surface area (Å²) < 4.78 is 14.6. The number of rotatable bonds is 11. The van der Waals surface area contributed by atoms with Crippen molar-refractivity contribution in [1.29, 1.82) is 0 Å². The minimum absolute atomic E-state index is 0.00276. The molecule has 0 saturated carbocycles. The normalized spacial score (nSPS) is 12.5. The molecule has 1 aromatic heterocycles. The molecule has 37 heavy (non-hydrogen) atoms. The van der Waals surface area contributed by atoms with Gasteiger partial charge in [-0.05, 0) is 71.3 Å². The molecule has 13 heteroatoms. The summed E-state index contributed by atoms with van der Waals surface area (Å²) in [6.07, 6.45) is 0.350. The van der Waals surface area contributed by atoms with Crippen molar-refractivity contribution in [1.82, 2.24) is 15.6 Å². The maximum absolute atomic E-state index is 14.1. The number of aliphatic imine (C=N–C) groups is 1. The Kier molecular flexibility index (Phi) is 9.27. The third kappa shape index (κ3) is 7.55. The monoisotopic (exact) mass is 624 g/mol. The maximum atomic E-state index is 14.1. The number of hydrogen-bond acceptors (Lipinski definition) is 5. The highest BCUT2D eigenvalue weighted by atomic mass is 127. The van der Waals surface area contributed by atoms with Crippen LogP contribution in [0.5, 0.6) is 5.75 Å². The fourth-order valence-electron chi connectivity index (χ4n) is 3.63. The van der Waals surface area contributed by atoms with Gasteiger partial charge in [0.05, 0.1) is 3.57 Å². The van der Waals surface area contributed by atoms with Crippen molar-refractivity contribution >= 4 is 57.2 Å². The number of aromatic hydroxyl groups is 1. The SMILES string of the molecule is NC(N)=NCCC[C@H](NC(=O)[C@@H](Cc1ccc(O)c(I)c1)NC(=O)c1cc2c(F)cccc2[nH]1)C(=O)O. The predicted molar refractivity (Wildman–Crippen MR) is 144 cm³/mol. The molecular weight excluding hydrogens is 598 g/mol. The molecule has 196 valence electrons. The second-order valence-corrected chi connectivity index (χ2v) is 9.41. The summed E-state index contributed by atoms with van der Waals surface area (Å²) in [7, 11) is 0. The first-order valence-electron chi connectivity index (χ1n) is 11.2. The molecule has 0 saturated heterocycles. The van der Waals surface area contributed by atoms with Gasteiger partial charge in [0.25, 0.3) is 5.91 Å². The number of amides is 2. The van der Waals surface area contributed by atoms with Crippen molar-refractivity contribution in [3.8, 4) is 5.75 Å². The molecule has 0 aliphatic rings. The standard InChI is InChI=1S/C24H26FIN6O5/c25-14-3-1-4-16-13(14)11-19(30-16)22(35)32-18(10-12-6-7-20(33)15(26)9-12)21(34)31-17(23(36)37)5-2-8-29-24(27)28/h1,3-4,6-7,9,11,17-18,30,33H,2,5,8,10H2,(H,31,34)(H,32,35)(H,36,37)(H4,27,28,29)/t17-,18+/m0/s1. The molecule has 1 heterocycles. The summed E-state index contributed by atoms with van der Waals surface area (Å²) in [6, 6.07) is 7.97. The highest BCUT2D eigenvalue weighted by molar-refractivity contribution is 14.1. The quantitative estimate of drug-likeness (QED) is 0.0728. The van der Waals surface area contributed by atoms with Gasteiger partial charge < -0.3 is 37.3 Å². The van der Waals surface area contributed by atoms with Gasteiger partial charge in [-0.2, -0.15) is 0 Å². The summed E-state index contributed by atoms with van der Waals surface area (Å²) in [5, 5.41) is 24.7. The van der Waals surface area contributed by atoms with Crippen LogP contribution in [0.1, 0.15) is 28.9 Å². The lowest BCUT2D eigenvalue weighted by Gasteiger charge is -2.21. The molecule has 3 aromatic rings. The van der Waals surface area contributed by atoms with Crippen LogP contribution < -0.4 is 22.1 Å². The van der Waals surface area contributed by atoms with Crippen molar-refractivity contribution in [2.75, 3.05) is 6.54 Å². The van der Waals surface area contributed by atoms with E-state index in [0.29, 0.717) is 21.1 Å². The number of carbonyl (C=O) groups excluding carboxylic acids is 2. The zero-order valence-corrected chi connectivity index (χ0v) is 21.7. The van der Waals surface area contributed by atoms with Crippen molar-refractivity contribution in [3.05, 3.63) is 63.1 Å². The number of carboxylic acid groups (broad SMARTS) is 1. The molecule has 9 N–H and O–H groups in total. The Balaban J connectivity index is 1.81. The van der Waals surface area contributed by atoms with Crippen LogP contribution in [0.2, 0.25) is 0 Å². The molecule has 0 bridgehead atoms. The van der Waals surface area contributed by atoms with E-state index in [1.54, 1.807) is 18.2 Å². The number of nitrogens with zero attached hydrogens (tertiary/aromatic N) is 1. The molecule has 11 nitrogen and oxygen atoms in total. The summed E-state index contributed by atoms with van der Waals surface area (Å²) in [4.78, 5) is 44.5. The molecule has 3 rings (SSSR count). The first kappa shape index (κ1) is 27.7. The Morgan fingerprint density at radius 3 is 2.51 bits per heavy atom. The Labute approximate surface area is 224 Å². The number of guanidine groups is 1. The van der Waals surface area contributed by atoms with E-state index >= 15 is 0 Å². The lowest BCUT2D eigenvalue weighted by Crippen LogP contribution is -2.52. The average molecular weight is 624 g/mol. The average Bonchev–Trinajstić information content (AvgIpc) is 3.28. The molecule has 0 fully saturated rings. The summed E-state index contributed by atoms with van der Waals surface area (Å²) in [6.45, 7) is 0.186. The van der Waals surface area contributed by atoms with E-state index in [0.717, 1.165) is 0 Å². The van der Waals surface area contributed by atoms with Crippen LogP contribution in [0.25, 0.3) is 10.9 Å². The predicted octanol–water partition coefficient (Wildman–Crippen LogP) is 1.58. The number of aromatic amines is 1. The number of phenolic OH excluding ortho intramolecular Hbond substituents is 1. The molecule has 0 radical (unpaired) electrons. The number of nitrogens with one attached hydrogen (secondary N) is 3. The molecule has 2 aromatic carbocycles. The molecule has 0 spiro atoms. The van der Waals surface area contributed by atoms with Gasteiger partial charge in [-0.15, -0.1) is 0 Å². The van der Waals surface area contributed by atoms with E-state index in [-0.39, 0.29) is 42.2 Å². The number of carboxylic acids is 1. The van der Waals surface area contributed by atoms with Gasteiger partial charge in [-0.3, -0.25) is 14.6 Å². The van der Waals surface area contributed by atoms with E-state index in [2.05, 4.69) is 20.6 Å². The van der Waals surface area contributed by atoms with E-state index in [9.17, 15) is 29.0 Å². The van der Waals surface area contributed by atoms with Crippen molar-refractivity contribution in [2.45, 2.75) is 31.3 Å². The number of carbonyl (C=O) groups is 3. The molecule has 0 unspecified atom stereocenters. The second-order valence-electron chi connectivity index (χ2n) is 8.25. The summed E-state index contributed by atoms with van der Waals surface area (Å²) in [5.74, 6) is -3.24. The molecular formula is C24H26FIN6O5. The fourth-order valence-corrected chi connectivity index (χ4v) is 4.21. The Morgan fingerprint density at radius 2 is 1.86 bits per heavy atom. The van der Waals surface area contributed by atoms with Gasteiger partial charge >= 0.3 is 5.97 Å². The van der Waals surface area contributed by atoms with Gasteiger partial charge in [-0.1, -0.05) is 12.1 Å². The van der Waals surface area contributed by atoms with Gasteiger partial charge in [0, 0.05) is 23.9 Å². The number of benzene rings is 2. The van der Waals surface area contributed by atoms with Crippen LogP contribution in [0.3, 0.4) is 0 Å². The number of halogens is 2. The van der Waals surface area contributed by atoms with Gasteiger partial charge in [0.15, 0.2) is 5.96 Å². The molecule has 0 aliphatic carbocycles. The lowest BCUT2D eigenvalue weighted by atomic mass is 10.0. The number of aliphatic carboxylic acids is 1. The van der Waals surface area contributed by atoms with Gasteiger partial charge in [-0.25, -0.2) is 9.18 Å². The van der Waals surface area contributed by atoms with Crippen LogP contribution in [0.4, 0.5) is 4.39 Å². The van der Waals surface area contributed by atoms with Crippen molar-refractivity contribution in [3.63, 3.8) is 0 Å². The minimum atomic E-state index is -1.26. The highest BCUT2D eigenvalue weighted by Gasteiger charge is 2.27. The van der Waals surface area contributed by atoms with Crippen molar-refractivity contribution in [2.24, 2.45) is 16.5 Å². The van der Waals surface area contributed by atoms with E-state index in [4.69, 9.17) is 11.5 Å². The Bertz CT molecular complexity index is 1340. The largest absolute Gasteiger partial charge is 0.507 e. The zero-order chi connectivity index (χ0) is 27.1. The minimum Gasteiger partial charge on any atom is -0.507 e. The van der Waals surface area contributed by atoms with Crippen LogP contribution in [0, 0.1) is 9.39 Å². The van der Waals surface area contributed by atoms with Crippen LogP contribution >= 0.6 is 22.6 Å². The summed E-state index contributed by atoms with van der Waals surface area (Å²) >= 11 is 1.93. The number of nitrogens with two attached hydrogens (primary N) is 2. The van der Waals surface area contributed by atoms with Crippen LogP contribution in [-0.2, 0) is 16.0 Å². The number of hydrogen-bond donors (Lipinski definition) is 7. The number of phenols is 1. The van der Waals surface area contributed by atoms with E-state index in [1.807, 2.05) is 22.6 Å². The maximum Gasteiger partial charge on any atom is 0.326 e. The Morgan fingerprint density at radius 1 is 1.11 bits per heavy atom.